The third-order valence-electron chi connectivity index (χ3n) is 1.92. The summed E-state index contributed by atoms with van der Waals surface area (Å²) in [5, 5.41) is 0. The van der Waals surface area contributed by atoms with Crippen LogP contribution in [0.3, 0.4) is 0 Å². The van der Waals surface area contributed by atoms with Crippen LogP contribution in [0.4, 0.5) is 0 Å². The van der Waals surface area contributed by atoms with Crippen molar-refractivity contribution < 1.29 is 4.79 Å². The second-order valence-electron chi connectivity index (χ2n) is 6.08. The van der Waals surface area contributed by atoms with Crippen molar-refractivity contribution in [3.05, 3.63) is 36.5 Å². The van der Waals surface area contributed by atoms with Gasteiger partial charge in [0.25, 0.3) is 0 Å². The number of ketones is 1. The molecule has 0 aliphatic carbocycles. The van der Waals surface area contributed by atoms with Crippen molar-refractivity contribution in [1.82, 2.24) is 0 Å². The summed E-state index contributed by atoms with van der Waals surface area (Å²) in [6.45, 7) is 12.2. The monoisotopic (exact) mass is 220 g/mol. The first-order valence-electron chi connectivity index (χ1n) is 5.70. The Morgan fingerprint density at radius 2 is 1.31 bits per heavy atom. The Balaban J connectivity index is 4.17. The van der Waals surface area contributed by atoms with E-state index in [-0.39, 0.29) is 16.6 Å². The molecule has 1 heteroatoms. The molecule has 0 aromatic carbocycles. The molecular weight excluding hydrogens is 196 g/mol. The van der Waals surface area contributed by atoms with Crippen LogP contribution in [-0.4, -0.2) is 5.78 Å². The summed E-state index contributed by atoms with van der Waals surface area (Å²) in [7, 11) is 0. The fourth-order valence-electron chi connectivity index (χ4n) is 0.865. The van der Waals surface area contributed by atoms with Crippen molar-refractivity contribution >= 4 is 5.78 Å². The fraction of sp³-hybridized carbons (Fsp3) is 0.533. The summed E-state index contributed by atoms with van der Waals surface area (Å²) in [4.78, 5) is 11.5. The van der Waals surface area contributed by atoms with Gasteiger partial charge in [0.1, 0.15) is 0 Å². The molecule has 16 heavy (non-hydrogen) atoms. The van der Waals surface area contributed by atoms with Gasteiger partial charge < -0.3 is 0 Å². The van der Waals surface area contributed by atoms with E-state index in [4.69, 9.17) is 0 Å². The lowest BCUT2D eigenvalue weighted by Gasteiger charge is -2.12. The van der Waals surface area contributed by atoms with Gasteiger partial charge in [-0.25, -0.2) is 0 Å². The third-order valence-corrected chi connectivity index (χ3v) is 1.92. The molecule has 0 saturated carbocycles. The van der Waals surface area contributed by atoms with Gasteiger partial charge in [-0.05, 0) is 11.5 Å². The Morgan fingerprint density at radius 3 is 1.75 bits per heavy atom. The summed E-state index contributed by atoms with van der Waals surface area (Å²) in [6.07, 6.45) is 11.4. The first kappa shape index (κ1) is 14.9. The Kier molecular flexibility index (Phi) is 5.43. The van der Waals surface area contributed by atoms with Gasteiger partial charge in [0.15, 0.2) is 5.78 Å². The Labute approximate surface area is 99.9 Å². The van der Waals surface area contributed by atoms with E-state index >= 15 is 0 Å². The van der Waals surface area contributed by atoms with Crippen LogP contribution in [0.25, 0.3) is 0 Å². The largest absolute Gasteiger partial charge is 0.294 e. The van der Waals surface area contributed by atoms with E-state index in [1.54, 1.807) is 12.2 Å². The van der Waals surface area contributed by atoms with Gasteiger partial charge >= 0.3 is 0 Å². The average molecular weight is 220 g/mol. The second kappa shape index (κ2) is 5.83. The molecule has 0 spiro atoms. The van der Waals surface area contributed by atoms with Gasteiger partial charge in [0.2, 0.25) is 0 Å². The lowest BCUT2D eigenvalue weighted by atomic mass is 9.91. The Hall–Kier alpha value is -1.11. The third kappa shape index (κ3) is 8.22. The normalized spacial score (nSPS) is 14.4. The van der Waals surface area contributed by atoms with Gasteiger partial charge in [-0.2, -0.15) is 0 Å². The number of hydrogen-bond acceptors (Lipinski definition) is 1. The molecule has 0 amide bonds. The van der Waals surface area contributed by atoms with Crippen molar-refractivity contribution in [3.63, 3.8) is 0 Å². The smallest absolute Gasteiger partial charge is 0.160 e. The average Bonchev–Trinajstić information content (AvgIpc) is 2.07. The summed E-state index contributed by atoms with van der Waals surface area (Å²) in [5.74, 6) is 0.150. The zero-order valence-electron chi connectivity index (χ0n) is 11.4. The van der Waals surface area contributed by atoms with Crippen molar-refractivity contribution in [2.24, 2.45) is 10.8 Å². The molecule has 0 aromatic rings. The maximum absolute atomic E-state index is 11.5. The molecule has 0 aliphatic rings. The molecule has 0 N–H and O–H groups in total. The van der Waals surface area contributed by atoms with Gasteiger partial charge in [0.05, 0.1) is 0 Å². The maximum Gasteiger partial charge on any atom is 0.160 e. The van der Waals surface area contributed by atoms with E-state index in [0.29, 0.717) is 0 Å². The number of carbonyl (C=O) groups excluding carboxylic acids is 1. The van der Waals surface area contributed by atoms with E-state index < -0.39 is 0 Å². The summed E-state index contributed by atoms with van der Waals surface area (Å²) >= 11 is 0. The second-order valence-corrected chi connectivity index (χ2v) is 6.08. The summed E-state index contributed by atoms with van der Waals surface area (Å²) < 4.78 is 0. The van der Waals surface area contributed by atoms with Crippen LogP contribution in [0.5, 0.6) is 0 Å². The number of hydrogen-bond donors (Lipinski definition) is 0. The summed E-state index contributed by atoms with van der Waals surface area (Å²) in [6, 6.07) is 0. The van der Waals surface area contributed by atoms with Crippen molar-refractivity contribution in [3.8, 4) is 0 Å². The minimum absolute atomic E-state index is 0.150. The fourth-order valence-corrected chi connectivity index (χ4v) is 0.865. The molecule has 1 nitrogen and oxygen atoms in total. The standard InChI is InChI=1S/C15H24O/c1-14(2,3)12-10-8-7-9-11-13(16)15(4,5)6/h7-12H,1-6H3/b8-7+,11-9+,12-10+. The van der Waals surface area contributed by atoms with Gasteiger partial charge in [0, 0.05) is 5.41 Å². The van der Waals surface area contributed by atoms with Crippen molar-refractivity contribution in [1.29, 1.82) is 0 Å². The number of carbonyl (C=O) groups is 1. The molecule has 0 fully saturated rings. The minimum atomic E-state index is -0.286. The predicted molar refractivity (Wildman–Crippen MR) is 71.3 cm³/mol. The van der Waals surface area contributed by atoms with Crippen LogP contribution < -0.4 is 0 Å². The molecule has 0 aromatic heterocycles. The summed E-state index contributed by atoms with van der Waals surface area (Å²) in [5.41, 5.74) is -0.0825. The number of rotatable bonds is 3. The highest BCUT2D eigenvalue weighted by molar-refractivity contribution is 5.94. The quantitative estimate of drug-likeness (QED) is 0.511. The molecule has 0 radical (unpaired) electrons. The van der Waals surface area contributed by atoms with Crippen LogP contribution in [0, 0.1) is 10.8 Å². The van der Waals surface area contributed by atoms with E-state index in [0.717, 1.165) is 0 Å². The van der Waals surface area contributed by atoms with Crippen LogP contribution >= 0.6 is 0 Å². The molecule has 0 saturated heterocycles. The van der Waals surface area contributed by atoms with Crippen LogP contribution in [-0.2, 0) is 4.79 Å². The van der Waals surface area contributed by atoms with Gasteiger partial charge in [-0.15, -0.1) is 0 Å². The van der Waals surface area contributed by atoms with E-state index in [1.807, 2.05) is 39.0 Å². The first-order valence-corrected chi connectivity index (χ1v) is 5.70. The molecule has 0 rings (SSSR count). The van der Waals surface area contributed by atoms with E-state index in [1.165, 1.54) is 0 Å². The molecule has 0 atom stereocenters. The maximum atomic E-state index is 11.5. The minimum Gasteiger partial charge on any atom is -0.294 e. The first-order chi connectivity index (χ1) is 7.13. The van der Waals surface area contributed by atoms with E-state index in [2.05, 4.69) is 26.8 Å². The molecule has 90 valence electrons. The Bertz CT molecular complexity index is 303. The lowest BCUT2D eigenvalue weighted by molar-refractivity contribution is -0.121. The van der Waals surface area contributed by atoms with Crippen molar-refractivity contribution in [2.75, 3.05) is 0 Å². The van der Waals surface area contributed by atoms with E-state index in [9.17, 15) is 4.79 Å². The molecular formula is C15H24O. The highest BCUT2D eigenvalue weighted by atomic mass is 16.1. The zero-order chi connectivity index (χ0) is 12.8. The molecule has 0 heterocycles. The SMILES string of the molecule is CC(C)(C)/C=C/C=C/C=C/C(=O)C(C)(C)C. The Morgan fingerprint density at radius 1 is 0.812 bits per heavy atom. The topological polar surface area (TPSA) is 17.1 Å². The zero-order valence-corrected chi connectivity index (χ0v) is 11.4. The predicted octanol–water partition coefficient (Wildman–Crippen LogP) is 4.32. The lowest BCUT2D eigenvalue weighted by Crippen LogP contribution is -2.17. The van der Waals surface area contributed by atoms with Crippen LogP contribution in [0.15, 0.2) is 36.5 Å². The highest BCUT2D eigenvalue weighted by Crippen LogP contribution is 2.15. The molecule has 0 bridgehead atoms. The molecule has 0 aliphatic heterocycles. The van der Waals surface area contributed by atoms with Crippen LogP contribution in [0.2, 0.25) is 0 Å². The van der Waals surface area contributed by atoms with Crippen molar-refractivity contribution in [2.45, 2.75) is 41.5 Å². The van der Waals surface area contributed by atoms with Crippen LogP contribution in [0.1, 0.15) is 41.5 Å². The van der Waals surface area contributed by atoms with Gasteiger partial charge in [-0.1, -0.05) is 71.9 Å². The van der Waals surface area contributed by atoms with Gasteiger partial charge in [-0.3, -0.25) is 4.79 Å². The molecule has 0 unspecified atom stereocenters. The number of allylic oxidation sites excluding steroid dienone is 6. The highest BCUT2D eigenvalue weighted by Gasteiger charge is 2.17.